The minimum Gasteiger partial charge on any atom is -0.496 e. The molecule has 1 aliphatic rings. The van der Waals surface area contributed by atoms with Crippen LogP contribution in [0.25, 0.3) is 11.1 Å². The van der Waals surface area contributed by atoms with E-state index in [1.54, 1.807) is 7.11 Å². The zero-order valence-corrected chi connectivity index (χ0v) is 18.5. The number of carbonyl (C=O) groups is 1. The molecule has 0 aliphatic carbocycles. The van der Waals surface area contributed by atoms with Gasteiger partial charge in [-0.2, -0.15) is 0 Å². The third-order valence-corrected chi connectivity index (χ3v) is 6.01. The van der Waals surface area contributed by atoms with Crippen molar-refractivity contribution in [3.8, 4) is 16.9 Å². The Morgan fingerprint density at radius 2 is 1.79 bits per heavy atom. The maximum Gasteiger partial charge on any atom is 0.222 e. The SMILES string of the molecule is COc1ccccc1-c1ccc(C(C)N(C)C(=O)CCC2CCNCC2)cc1.Cl. The van der Waals surface area contributed by atoms with Gasteiger partial charge < -0.3 is 15.0 Å². The normalized spacial score (nSPS) is 15.3. The van der Waals surface area contributed by atoms with E-state index < -0.39 is 0 Å². The standard InChI is InChI=1S/C24H32N2O2.ClH/c1-18(26(2)24(27)13-8-19-14-16-25-17-15-19)20-9-11-21(12-10-20)22-6-4-5-7-23(22)28-3;/h4-7,9-12,18-19,25H,8,13-17H2,1-3H3;1H. The van der Waals surface area contributed by atoms with Gasteiger partial charge in [0.05, 0.1) is 13.2 Å². The summed E-state index contributed by atoms with van der Waals surface area (Å²) < 4.78 is 5.47. The molecule has 1 atom stereocenters. The van der Waals surface area contributed by atoms with Gasteiger partial charge in [0.2, 0.25) is 5.91 Å². The molecule has 1 unspecified atom stereocenters. The summed E-state index contributed by atoms with van der Waals surface area (Å²) in [4.78, 5) is 14.6. The first-order valence-electron chi connectivity index (χ1n) is 10.3. The Morgan fingerprint density at radius 3 is 2.45 bits per heavy atom. The molecular formula is C24H33ClN2O2. The number of hydrogen-bond acceptors (Lipinski definition) is 3. The summed E-state index contributed by atoms with van der Waals surface area (Å²) in [6.07, 6.45) is 4.03. The zero-order valence-electron chi connectivity index (χ0n) is 17.7. The Morgan fingerprint density at radius 1 is 1.14 bits per heavy atom. The van der Waals surface area contributed by atoms with E-state index in [1.165, 1.54) is 12.8 Å². The number of nitrogens with zero attached hydrogens (tertiary/aromatic N) is 1. The molecule has 0 aromatic heterocycles. The van der Waals surface area contributed by atoms with Crippen molar-refractivity contribution >= 4 is 18.3 Å². The van der Waals surface area contributed by atoms with Crippen molar-refractivity contribution in [1.29, 1.82) is 0 Å². The second-order valence-electron chi connectivity index (χ2n) is 7.73. The number of rotatable bonds is 7. The molecule has 0 spiro atoms. The maximum absolute atomic E-state index is 12.7. The first-order valence-corrected chi connectivity index (χ1v) is 10.3. The van der Waals surface area contributed by atoms with Gasteiger partial charge in [0.25, 0.3) is 0 Å². The van der Waals surface area contributed by atoms with E-state index in [1.807, 2.05) is 30.1 Å². The first kappa shape index (κ1) is 23.2. The van der Waals surface area contributed by atoms with E-state index in [0.717, 1.165) is 42.0 Å². The third-order valence-electron chi connectivity index (χ3n) is 6.01. The first-order chi connectivity index (χ1) is 13.6. The van der Waals surface area contributed by atoms with Gasteiger partial charge in [0.15, 0.2) is 0 Å². The Bertz CT molecular complexity index is 773. The van der Waals surface area contributed by atoms with Crippen molar-refractivity contribution in [2.45, 2.75) is 38.6 Å². The van der Waals surface area contributed by atoms with Crippen molar-refractivity contribution in [3.63, 3.8) is 0 Å². The fourth-order valence-corrected chi connectivity index (χ4v) is 3.94. The Balaban J connectivity index is 0.00000300. The fraction of sp³-hybridized carbons (Fsp3) is 0.458. The molecular weight excluding hydrogens is 384 g/mol. The van der Waals surface area contributed by atoms with Crippen LogP contribution in [0.1, 0.15) is 44.2 Å². The van der Waals surface area contributed by atoms with Gasteiger partial charge in [-0.15, -0.1) is 12.4 Å². The Labute approximate surface area is 181 Å². The van der Waals surface area contributed by atoms with Gasteiger partial charge in [0, 0.05) is 19.0 Å². The molecule has 5 heteroatoms. The minimum atomic E-state index is 0. The van der Waals surface area contributed by atoms with E-state index in [4.69, 9.17) is 4.74 Å². The monoisotopic (exact) mass is 416 g/mol. The van der Waals surface area contributed by atoms with Gasteiger partial charge in [0.1, 0.15) is 5.75 Å². The Hall–Kier alpha value is -2.04. The van der Waals surface area contributed by atoms with Crippen molar-refractivity contribution in [2.24, 2.45) is 5.92 Å². The highest BCUT2D eigenvalue weighted by Crippen LogP contribution is 2.31. The molecule has 4 nitrogen and oxygen atoms in total. The van der Waals surface area contributed by atoms with E-state index in [0.29, 0.717) is 12.3 Å². The largest absolute Gasteiger partial charge is 0.496 e. The van der Waals surface area contributed by atoms with Gasteiger partial charge >= 0.3 is 0 Å². The lowest BCUT2D eigenvalue weighted by atomic mass is 9.93. The maximum atomic E-state index is 12.7. The molecule has 1 N–H and O–H groups in total. The van der Waals surface area contributed by atoms with E-state index in [-0.39, 0.29) is 24.4 Å². The highest BCUT2D eigenvalue weighted by atomic mass is 35.5. The lowest BCUT2D eigenvalue weighted by Gasteiger charge is -2.27. The second-order valence-corrected chi connectivity index (χ2v) is 7.73. The molecule has 3 rings (SSSR count). The van der Waals surface area contributed by atoms with Crippen LogP contribution in [0.3, 0.4) is 0 Å². The van der Waals surface area contributed by atoms with Crippen LogP contribution in [-0.4, -0.2) is 38.1 Å². The van der Waals surface area contributed by atoms with Crippen molar-refractivity contribution < 1.29 is 9.53 Å². The topological polar surface area (TPSA) is 41.6 Å². The van der Waals surface area contributed by atoms with Crippen LogP contribution < -0.4 is 10.1 Å². The number of piperidine rings is 1. The molecule has 1 amide bonds. The average molecular weight is 417 g/mol. The summed E-state index contributed by atoms with van der Waals surface area (Å²) in [6, 6.07) is 16.5. The minimum absolute atomic E-state index is 0. The van der Waals surface area contributed by atoms with Crippen molar-refractivity contribution in [3.05, 3.63) is 54.1 Å². The summed E-state index contributed by atoms with van der Waals surface area (Å²) >= 11 is 0. The number of benzene rings is 2. The second kappa shape index (κ2) is 11.2. The quantitative estimate of drug-likeness (QED) is 0.684. The third kappa shape index (κ3) is 5.97. The number of amides is 1. The summed E-state index contributed by atoms with van der Waals surface area (Å²) in [7, 11) is 3.61. The van der Waals surface area contributed by atoms with Gasteiger partial charge in [-0.05, 0) is 62.4 Å². The zero-order chi connectivity index (χ0) is 19.9. The van der Waals surface area contributed by atoms with Crippen LogP contribution in [0.4, 0.5) is 0 Å². The van der Waals surface area contributed by atoms with Crippen LogP contribution >= 0.6 is 12.4 Å². The van der Waals surface area contributed by atoms with Crippen LogP contribution in [0.2, 0.25) is 0 Å². The van der Waals surface area contributed by atoms with Crippen LogP contribution in [0.15, 0.2) is 48.5 Å². The molecule has 0 radical (unpaired) electrons. The molecule has 0 saturated carbocycles. The molecule has 2 aromatic carbocycles. The number of nitrogens with one attached hydrogen (secondary N) is 1. The number of para-hydroxylation sites is 1. The predicted molar refractivity (Wildman–Crippen MR) is 122 cm³/mol. The number of halogens is 1. The molecule has 2 aromatic rings. The molecule has 1 fully saturated rings. The number of carbonyl (C=O) groups excluding carboxylic acids is 1. The molecule has 1 saturated heterocycles. The molecule has 29 heavy (non-hydrogen) atoms. The van der Waals surface area contributed by atoms with E-state index in [2.05, 4.69) is 42.6 Å². The average Bonchev–Trinajstić information content (AvgIpc) is 2.77. The highest BCUT2D eigenvalue weighted by molar-refractivity contribution is 5.85. The molecule has 1 aliphatic heterocycles. The predicted octanol–water partition coefficient (Wildman–Crippen LogP) is 5.08. The summed E-state index contributed by atoms with van der Waals surface area (Å²) in [5.41, 5.74) is 3.35. The summed E-state index contributed by atoms with van der Waals surface area (Å²) in [6.45, 7) is 4.27. The van der Waals surface area contributed by atoms with E-state index >= 15 is 0 Å². The fourth-order valence-electron chi connectivity index (χ4n) is 3.94. The van der Waals surface area contributed by atoms with Gasteiger partial charge in [-0.3, -0.25) is 4.79 Å². The molecule has 158 valence electrons. The van der Waals surface area contributed by atoms with Crippen LogP contribution in [-0.2, 0) is 4.79 Å². The van der Waals surface area contributed by atoms with Crippen LogP contribution in [0.5, 0.6) is 5.75 Å². The van der Waals surface area contributed by atoms with Crippen molar-refractivity contribution in [1.82, 2.24) is 10.2 Å². The Kier molecular flexibility index (Phi) is 8.99. The number of ether oxygens (including phenoxy) is 1. The number of hydrogen-bond donors (Lipinski definition) is 1. The van der Waals surface area contributed by atoms with Crippen molar-refractivity contribution in [2.75, 3.05) is 27.2 Å². The van der Waals surface area contributed by atoms with Gasteiger partial charge in [-0.25, -0.2) is 0 Å². The lowest BCUT2D eigenvalue weighted by molar-refractivity contribution is -0.132. The number of methoxy groups -OCH3 is 1. The molecule has 0 bridgehead atoms. The smallest absolute Gasteiger partial charge is 0.222 e. The van der Waals surface area contributed by atoms with Gasteiger partial charge in [-0.1, -0.05) is 42.5 Å². The van der Waals surface area contributed by atoms with E-state index in [9.17, 15) is 4.79 Å². The lowest BCUT2D eigenvalue weighted by Crippen LogP contribution is -2.31. The highest BCUT2D eigenvalue weighted by Gasteiger charge is 2.20. The summed E-state index contributed by atoms with van der Waals surface area (Å²) in [5, 5.41) is 3.39. The molecule has 1 heterocycles. The van der Waals surface area contributed by atoms with Crippen LogP contribution in [0, 0.1) is 5.92 Å². The summed E-state index contributed by atoms with van der Waals surface area (Å²) in [5.74, 6) is 1.79.